The Labute approximate surface area is 90.3 Å². The summed E-state index contributed by atoms with van der Waals surface area (Å²) >= 11 is 0. The highest BCUT2D eigenvalue weighted by Gasteiger charge is 2.22. The Morgan fingerprint density at radius 3 is 2.53 bits per heavy atom. The molecule has 0 saturated carbocycles. The molecule has 1 saturated heterocycles. The van der Waals surface area contributed by atoms with Crippen LogP contribution >= 0.6 is 0 Å². The molecule has 1 fully saturated rings. The van der Waals surface area contributed by atoms with Gasteiger partial charge in [0.1, 0.15) is 5.75 Å². The minimum Gasteiger partial charge on any atom is -0.508 e. The maximum absolute atomic E-state index is 9.42. The Morgan fingerprint density at radius 2 is 1.93 bits per heavy atom. The van der Waals surface area contributed by atoms with E-state index < -0.39 is 0 Å². The van der Waals surface area contributed by atoms with Crippen molar-refractivity contribution < 1.29 is 9.84 Å². The van der Waals surface area contributed by atoms with E-state index in [-0.39, 0.29) is 12.2 Å². The number of morpholine rings is 1. The van der Waals surface area contributed by atoms with Gasteiger partial charge in [-0.1, -0.05) is 6.07 Å². The molecule has 0 unspecified atom stereocenters. The lowest BCUT2D eigenvalue weighted by molar-refractivity contribution is -0.00522. The highest BCUT2D eigenvalue weighted by atomic mass is 16.5. The highest BCUT2D eigenvalue weighted by Crippen LogP contribution is 2.23. The van der Waals surface area contributed by atoms with Gasteiger partial charge in [0.2, 0.25) is 0 Å². The van der Waals surface area contributed by atoms with Gasteiger partial charge in [-0.15, -0.1) is 0 Å². The minimum absolute atomic E-state index is 0.246. The number of phenols is 1. The molecule has 1 N–H and O–H groups in total. The van der Waals surface area contributed by atoms with Crippen LogP contribution in [0.2, 0.25) is 0 Å². The third kappa shape index (κ3) is 2.42. The average Bonchev–Trinajstić information content (AvgIpc) is 2.16. The van der Waals surface area contributed by atoms with E-state index in [0.29, 0.717) is 5.75 Å². The van der Waals surface area contributed by atoms with Crippen molar-refractivity contribution in [2.75, 3.05) is 18.0 Å². The summed E-state index contributed by atoms with van der Waals surface area (Å²) in [5, 5.41) is 9.42. The van der Waals surface area contributed by atoms with Crippen molar-refractivity contribution in [1.29, 1.82) is 0 Å². The second-order valence-corrected chi connectivity index (χ2v) is 4.18. The predicted octanol–water partition coefficient (Wildman–Crippen LogP) is 2.01. The van der Waals surface area contributed by atoms with Gasteiger partial charge in [-0.25, -0.2) is 0 Å². The van der Waals surface area contributed by atoms with Gasteiger partial charge in [-0.05, 0) is 26.0 Å². The van der Waals surface area contributed by atoms with Gasteiger partial charge in [-0.3, -0.25) is 0 Å². The third-order valence-electron chi connectivity index (χ3n) is 2.61. The molecule has 1 aliphatic heterocycles. The number of ether oxygens (including phenoxy) is 1. The summed E-state index contributed by atoms with van der Waals surface area (Å²) < 4.78 is 5.66. The fourth-order valence-electron chi connectivity index (χ4n) is 2.08. The maximum Gasteiger partial charge on any atom is 0.117 e. The molecule has 1 aliphatic rings. The topological polar surface area (TPSA) is 32.7 Å². The SMILES string of the molecule is C[C@@H]1CN(c2cccc(O)c2)C[C@H](C)O1. The Kier molecular flexibility index (Phi) is 2.82. The van der Waals surface area contributed by atoms with Crippen LogP contribution in [0.3, 0.4) is 0 Å². The molecule has 15 heavy (non-hydrogen) atoms. The third-order valence-corrected chi connectivity index (χ3v) is 2.61. The van der Waals surface area contributed by atoms with Crippen LogP contribution in [0.5, 0.6) is 5.75 Å². The largest absolute Gasteiger partial charge is 0.508 e. The molecule has 0 aromatic heterocycles. The van der Waals surface area contributed by atoms with E-state index >= 15 is 0 Å². The molecule has 2 rings (SSSR count). The van der Waals surface area contributed by atoms with Crippen LogP contribution in [-0.2, 0) is 4.74 Å². The molecule has 0 aliphatic carbocycles. The van der Waals surface area contributed by atoms with E-state index in [0.717, 1.165) is 18.8 Å². The number of hydrogen-bond donors (Lipinski definition) is 1. The number of nitrogens with zero attached hydrogens (tertiary/aromatic N) is 1. The Balaban J connectivity index is 2.16. The number of hydrogen-bond acceptors (Lipinski definition) is 3. The summed E-state index contributed by atoms with van der Waals surface area (Å²) in [5.41, 5.74) is 1.07. The van der Waals surface area contributed by atoms with Gasteiger partial charge >= 0.3 is 0 Å². The summed E-state index contributed by atoms with van der Waals surface area (Å²) in [6, 6.07) is 7.38. The van der Waals surface area contributed by atoms with E-state index in [2.05, 4.69) is 18.7 Å². The zero-order chi connectivity index (χ0) is 10.8. The first-order chi connectivity index (χ1) is 7.15. The van der Waals surface area contributed by atoms with Crippen LogP contribution in [0.25, 0.3) is 0 Å². The highest BCUT2D eigenvalue weighted by molar-refractivity contribution is 5.50. The number of aromatic hydroxyl groups is 1. The zero-order valence-electron chi connectivity index (χ0n) is 9.18. The zero-order valence-corrected chi connectivity index (χ0v) is 9.18. The molecular formula is C12H17NO2. The summed E-state index contributed by atoms with van der Waals surface area (Å²) in [6.07, 6.45) is 0.493. The fourth-order valence-corrected chi connectivity index (χ4v) is 2.08. The molecule has 3 nitrogen and oxygen atoms in total. The van der Waals surface area contributed by atoms with E-state index in [9.17, 15) is 5.11 Å². The predicted molar refractivity (Wildman–Crippen MR) is 60.3 cm³/mol. The Bertz CT molecular complexity index is 330. The molecule has 0 spiro atoms. The lowest BCUT2D eigenvalue weighted by atomic mass is 10.2. The smallest absolute Gasteiger partial charge is 0.117 e. The second-order valence-electron chi connectivity index (χ2n) is 4.18. The van der Waals surface area contributed by atoms with Crippen molar-refractivity contribution in [2.24, 2.45) is 0 Å². The first-order valence-corrected chi connectivity index (χ1v) is 5.34. The molecule has 3 heteroatoms. The second kappa shape index (κ2) is 4.11. The van der Waals surface area contributed by atoms with Crippen molar-refractivity contribution in [3.05, 3.63) is 24.3 Å². The van der Waals surface area contributed by atoms with Gasteiger partial charge in [0.05, 0.1) is 12.2 Å². The molecule has 0 amide bonds. The van der Waals surface area contributed by atoms with Crippen molar-refractivity contribution in [1.82, 2.24) is 0 Å². The number of benzene rings is 1. The quantitative estimate of drug-likeness (QED) is 0.764. The molecule has 82 valence electrons. The Morgan fingerprint density at radius 1 is 1.27 bits per heavy atom. The molecular weight excluding hydrogens is 190 g/mol. The number of rotatable bonds is 1. The standard InChI is InChI=1S/C12H17NO2/c1-9-7-13(8-10(2)15-9)11-4-3-5-12(14)6-11/h3-6,9-10,14H,7-8H2,1-2H3/t9-,10+. The molecule has 1 aromatic rings. The van der Waals surface area contributed by atoms with Crippen molar-refractivity contribution in [3.8, 4) is 5.75 Å². The minimum atomic E-state index is 0.246. The van der Waals surface area contributed by atoms with E-state index in [1.807, 2.05) is 12.1 Å². The average molecular weight is 207 g/mol. The molecule has 0 radical (unpaired) electrons. The van der Waals surface area contributed by atoms with Crippen LogP contribution < -0.4 is 4.90 Å². The molecule has 1 heterocycles. The fraction of sp³-hybridized carbons (Fsp3) is 0.500. The van der Waals surface area contributed by atoms with Crippen LogP contribution in [0.4, 0.5) is 5.69 Å². The molecule has 2 atom stereocenters. The van der Waals surface area contributed by atoms with E-state index in [1.165, 1.54) is 0 Å². The van der Waals surface area contributed by atoms with Crippen molar-refractivity contribution in [3.63, 3.8) is 0 Å². The molecule has 1 aromatic carbocycles. The lowest BCUT2D eigenvalue weighted by Gasteiger charge is -2.36. The van der Waals surface area contributed by atoms with Crippen LogP contribution in [-0.4, -0.2) is 30.4 Å². The van der Waals surface area contributed by atoms with Crippen molar-refractivity contribution >= 4 is 5.69 Å². The van der Waals surface area contributed by atoms with Gasteiger partial charge in [0, 0.05) is 24.8 Å². The van der Waals surface area contributed by atoms with Gasteiger partial charge in [0.25, 0.3) is 0 Å². The van der Waals surface area contributed by atoms with E-state index in [1.54, 1.807) is 12.1 Å². The summed E-state index contributed by atoms with van der Waals surface area (Å²) in [6.45, 7) is 5.92. The van der Waals surface area contributed by atoms with Gasteiger partial charge in [-0.2, -0.15) is 0 Å². The normalized spacial score (nSPS) is 26.7. The Hall–Kier alpha value is -1.22. The monoisotopic (exact) mass is 207 g/mol. The van der Waals surface area contributed by atoms with Gasteiger partial charge in [0.15, 0.2) is 0 Å². The number of anilines is 1. The summed E-state index contributed by atoms with van der Waals surface area (Å²) in [4.78, 5) is 2.25. The first-order valence-electron chi connectivity index (χ1n) is 5.34. The van der Waals surface area contributed by atoms with Crippen LogP contribution in [0.15, 0.2) is 24.3 Å². The summed E-state index contributed by atoms with van der Waals surface area (Å²) in [5.74, 6) is 0.319. The first kappa shape index (κ1) is 10.3. The number of phenolic OH excluding ortho intramolecular Hbond substituents is 1. The van der Waals surface area contributed by atoms with Crippen LogP contribution in [0.1, 0.15) is 13.8 Å². The van der Waals surface area contributed by atoms with E-state index in [4.69, 9.17) is 4.74 Å². The maximum atomic E-state index is 9.42. The summed E-state index contributed by atoms with van der Waals surface area (Å²) in [7, 11) is 0. The lowest BCUT2D eigenvalue weighted by Crippen LogP contribution is -2.45. The van der Waals surface area contributed by atoms with Crippen molar-refractivity contribution in [2.45, 2.75) is 26.1 Å². The molecule has 0 bridgehead atoms. The van der Waals surface area contributed by atoms with Gasteiger partial charge < -0.3 is 14.7 Å². The van der Waals surface area contributed by atoms with Crippen LogP contribution in [0, 0.1) is 0 Å².